The molecule has 23 heavy (non-hydrogen) atoms. The number of ether oxygens (including phenoxy) is 2. The minimum absolute atomic E-state index is 0.0542. The normalized spacial score (nSPS) is 16.0. The number of hydrogen-bond donors (Lipinski definition) is 1. The molecule has 1 aliphatic heterocycles. The molecule has 1 aliphatic rings. The van der Waals surface area contributed by atoms with Gasteiger partial charge in [0, 0.05) is 30.4 Å². The predicted octanol–water partition coefficient (Wildman–Crippen LogP) is 1.76. The average Bonchev–Trinajstić information content (AvgIpc) is 2.54. The van der Waals surface area contributed by atoms with Gasteiger partial charge in [-0.05, 0) is 32.1 Å². The Kier molecular flexibility index (Phi) is 5.39. The van der Waals surface area contributed by atoms with Crippen molar-refractivity contribution in [1.29, 1.82) is 0 Å². The lowest BCUT2D eigenvalue weighted by Gasteiger charge is -2.26. The summed E-state index contributed by atoms with van der Waals surface area (Å²) >= 11 is 0. The monoisotopic (exact) mass is 319 g/mol. The van der Waals surface area contributed by atoms with Crippen molar-refractivity contribution in [1.82, 2.24) is 0 Å². The number of nitrogens with zero attached hydrogens (tertiary/aromatic N) is 1. The van der Waals surface area contributed by atoms with Crippen LogP contribution in [0.1, 0.15) is 25.8 Å². The van der Waals surface area contributed by atoms with Gasteiger partial charge in [-0.2, -0.15) is 0 Å². The Morgan fingerprint density at radius 2 is 2.00 bits per heavy atom. The molecule has 1 heterocycles. The fourth-order valence-corrected chi connectivity index (χ4v) is 2.48. The van der Waals surface area contributed by atoms with Crippen LogP contribution in [0.25, 0.3) is 6.08 Å². The number of carbonyl (C=O) groups excluding carboxylic acids is 2. The largest absolute Gasteiger partial charge is 0.469 e. The third-order valence-electron chi connectivity index (χ3n) is 3.80. The van der Waals surface area contributed by atoms with Gasteiger partial charge in [-0.1, -0.05) is 0 Å². The first-order valence-electron chi connectivity index (χ1n) is 7.55. The van der Waals surface area contributed by atoms with E-state index in [0.717, 1.165) is 18.8 Å². The third-order valence-corrected chi connectivity index (χ3v) is 3.80. The lowest BCUT2D eigenvalue weighted by Crippen LogP contribution is -2.28. The Bertz CT molecular complexity index is 634. The highest BCUT2D eigenvalue weighted by molar-refractivity contribution is 6.09. The molecule has 1 N–H and O–H groups in total. The quantitative estimate of drug-likeness (QED) is 0.636. The average molecular weight is 319 g/mol. The van der Waals surface area contributed by atoms with Gasteiger partial charge in [0.05, 0.1) is 12.7 Å². The van der Waals surface area contributed by atoms with Crippen molar-refractivity contribution in [3.05, 3.63) is 29.3 Å². The number of aliphatic hydroxyl groups excluding tert-OH is 1. The lowest BCUT2D eigenvalue weighted by molar-refractivity contribution is -0.143. The molecule has 0 spiro atoms. The standard InChI is InChI=1S/C17H21NO5/c1-4-18(5-2)12-7-6-11-8-13(14(19)10-16(20)22-3)17(21)23-15(11)9-12/h6-9,17,21H,4-5,10H2,1-3H3. The van der Waals surface area contributed by atoms with E-state index in [1.165, 1.54) is 7.11 Å². The minimum Gasteiger partial charge on any atom is -0.469 e. The SMILES string of the molecule is CCN(CC)c1ccc2c(c1)OC(O)C(C(=O)CC(=O)OC)=C2. The van der Waals surface area contributed by atoms with E-state index in [2.05, 4.69) is 23.5 Å². The van der Waals surface area contributed by atoms with Crippen LogP contribution in [-0.2, 0) is 14.3 Å². The van der Waals surface area contributed by atoms with Gasteiger partial charge >= 0.3 is 5.97 Å². The Morgan fingerprint density at radius 3 is 2.61 bits per heavy atom. The number of esters is 1. The highest BCUT2D eigenvalue weighted by Crippen LogP contribution is 2.33. The summed E-state index contributed by atoms with van der Waals surface area (Å²) < 4.78 is 9.92. The summed E-state index contributed by atoms with van der Waals surface area (Å²) in [6, 6.07) is 5.61. The molecule has 6 heteroatoms. The van der Waals surface area contributed by atoms with Crippen molar-refractivity contribution in [2.45, 2.75) is 26.6 Å². The first-order valence-corrected chi connectivity index (χ1v) is 7.55. The summed E-state index contributed by atoms with van der Waals surface area (Å²) in [5, 5.41) is 10.0. The molecular weight excluding hydrogens is 298 g/mol. The molecule has 1 unspecified atom stereocenters. The Morgan fingerprint density at radius 1 is 1.30 bits per heavy atom. The summed E-state index contributed by atoms with van der Waals surface area (Å²) in [5.41, 5.74) is 1.73. The minimum atomic E-state index is -1.38. The summed E-state index contributed by atoms with van der Waals surface area (Å²) in [6.45, 7) is 5.83. The number of carbonyl (C=O) groups is 2. The van der Waals surface area contributed by atoms with E-state index < -0.39 is 24.5 Å². The van der Waals surface area contributed by atoms with Gasteiger partial charge in [0.15, 0.2) is 5.78 Å². The molecule has 1 aromatic rings. The van der Waals surface area contributed by atoms with Gasteiger partial charge in [0.1, 0.15) is 12.2 Å². The van der Waals surface area contributed by atoms with Gasteiger partial charge < -0.3 is 19.5 Å². The number of methoxy groups -OCH3 is 1. The van der Waals surface area contributed by atoms with Crippen LogP contribution in [0.4, 0.5) is 5.69 Å². The maximum absolute atomic E-state index is 12.0. The Hall–Kier alpha value is -2.34. The number of rotatable bonds is 6. The summed E-state index contributed by atoms with van der Waals surface area (Å²) in [5.74, 6) is -0.648. The van der Waals surface area contributed by atoms with Crippen LogP contribution >= 0.6 is 0 Å². The molecule has 124 valence electrons. The first kappa shape index (κ1) is 17.0. The highest BCUT2D eigenvalue weighted by Gasteiger charge is 2.27. The van der Waals surface area contributed by atoms with Crippen molar-refractivity contribution >= 4 is 23.5 Å². The second kappa shape index (κ2) is 7.28. The maximum Gasteiger partial charge on any atom is 0.313 e. The smallest absolute Gasteiger partial charge is 0.313 e. The second-order valence-corrected chi connectivity index (χ2v) is 5.14. The summed E-state index contributed by atoms with van der Waals surface area (Å²) in [6.07, 6.45) is -0.247. The Balaban J connectivity index is 2.28. The van der Waals surface area contributed by atoms with Crippen LogP contribution in [0.3, 0.4) is 0 Å². The molecule has 0 amide bonds. The van der Waals surface area contributed by atoms with Crippen molar-refractivity contribution < 1.29 is 24.2 Å². The van der Waals surface area contributed by atoms with Crippen LogP contribution in [0.2, 0.25) is 0 Å². The van der Waals surface area contributed by atoms with E-state index in [9.17, 15) is 14.7 Å². The van der Waals surface area contributed by atoms with Crippen molar-refractivity contribution in [3.63, 3.8) is 0 Å². The van der Waals surface area contributed by atoms with Crippen LogP contribution in [0.15, 0.2) is 23.8 Å². The van der Waals surface area contributed by atoms with E-state index in [0.29, 0.717) is 11.3 Å². The topological polar surface area (TPSA) is 76.1 Å². The van der Waals surface area contributed by atoms with E-state index >= 15 is 0 Å². The maximum atomic E-state index is 12.0. The second-order valence-electron chi connectivity index (χ2n) is 5.14. The van der Waals surface area contributed by atoms with Gasteiger partial charge in [0.25, 0.3) is 0 Å². The lowest BCUT2D eigenvalue weighted by atomic mass is 10.0. The number of aliphatic hydroxyl groups is 1. The first-order chi connectivity index (χ1) is 11.0. The van der Waals surface area contributed by atoms with Crippen molar-refractivity contribution in [3.8, 4) is 5.75 Å². The molecule has 0 fully saturated rings. The van der Waals surface area contributed by atoms with Gasteiger partial charge in [0.2, 0.25) is 6.29 Å². The number of Topliss-reactive ketones (excluding diaryl/α,β-unsaturated/α-hetero) is 1. The molecule has 1 aromatic carbocycles. The zero-order valence-electron chi connectivity index (χ0n) is 13.5. The van der Waals surface area contributed by atoms with E-state index in [4.69, 9.17) is 4.74 Å². The predicted molar refractivity (Wildman–Crippen MR) is 86.3 cm³/mol. The molecule has 0 aromatic heterocycles. The fourth-order valence-electron chi connectivity index (χ4n) is 2.48. The molecule has 0 saturated heterocycles. The van der Waals surface area contributed by atoms with E-state index in [-0.39, 0.29) is 5.57 Å². The summed E-state index contributed by atoms with van der Waals surface area (Å²) in [7, 11) is 1.21. The molecule has 1 atom stereocenters. The van der Waals surface area contributed by atoms with E-state index in [1.807, 2.05) is 18.2 Å². The molecule has 2 rings (SSSR count). The molecule has 6 nitrogen and oxygen atoms in total. The molecule has 0 aliphatic carbocycles. The zero-order chi connectivity index (χ0) is 17.0. The van der Waals surface area contributed by atoms with Crippen molar-refractivity contribution in [2.24, 2.45) is 0 Å². The molecule has 0 radical (unpaired) electrons. The van der Waals surface area contributed by atoms with Crippen LogP contribution < -0.4 is 9.64 Å². The number of ketones is 1. The van der Waals surface area contributed by atoms with Crippen molar-refractivity contribution in [2.75, 3.05) is 25.1 Å². The fraction of sp³-hybridized carbons (Fsp3) is 0.412. The number of benzene rings is 1. The number of hydrogen-bond acceptors (Lipinski definition) is 6. The van der Waals surface area contributed by atoms with Gasteiger partial charge in [-0.25, -0.2) is 0 Å². The Labute approximate surface area is 135 Å². The van der Waals surface area contributed by atoms with Crippen LogP contribution in [0, 0.1) is 0 Å². The van der Waals surface area contributed by atoms with Crippen LogP contribution in [-0.4, -0.2) is 43.3 Å². The van der Waals surface area contributed by atoms with Gasteiger partial charge in [-0.15, -0.1) is 0 Å². The molecular formula is C17H21NO5. The summed E-state index contributed by atoms with van der Waals surface area (Å²) in [4.78, 5) is 25.4. The number of fused-ring (bicyclic) bond motifs is 1. The van der Waals surface area contributed by atoms with Crippen LogP contribution in [0.5, 0.6) is 5.75 Å². The zero-order valence-corrected chi connectivity index (χ0v) is 13.5. The third kappa shape index (κ3) is 3.71. The number of anilines is 1. The highest BCUT2D eigenvalue weighted by atomic mass is 16.6. The molecule has 0 bridgehead atoms. The van der Waals surface area contributed by atoms with Gasteiger partial charge in [-0.3, -0.25) is 9.59 Å². The van der Waals surface area contributed by atoms with E-state index in [1.54, 1.807) is 6.08 Å². The molecule has 0 saturated carbocycles.